The number of benzene rings is 1. The lowest BCUT2D eigenvalue weighted by atomic mass is 10.2. The maximum Gasteiger partial charge on any atom is 0.246 e. The Bertz CT molecular complexity index is 589. The van der Waals surface area contributed by atoms with Crippen molar-refractivity contribution >= 4 is 15.7 Å². The minimum atomic E-state index is -4.12. The lowest BCUT2D eigenvalue weighted by Crippen LogP contribution is -2.38. The lowest BCUT2D eigenvalue weighted by Gasteiger charge is -2.26. The first-order valence-electron chi connectivity index (χ1n) is 6.98. The van der Waals surface area contributed by atoms with Gasteiger partial charge in [0.1, 0.15) is 4.90 Å². The molecule has 4 nitrogen and oxygen atoms in total. The molecule has 0 bridgehead atoms. The zero-order chi connectivity index (χ0) is 16.2. The maximum atomic E-state index is 13.9. The quantitative estimate of drug-likeness (QED) is 0.620. The monoisotopic (exact) mass is 320 g/mol. The molecule has 0 aliphatic heterocycles. The van der Waals surface area contributed by atoms with Gasteiger partial charge in [0.15, 0.2) is 11.6 Å². The molecular formula is C14H22F2N2O2S. The molecule has 0 spiro atoms. The minimum absolute atomic E-state index is 0.121. The molecule has 2 N–H and O–H groups in total. The summed E-state index contributed by atoms with van der Waals surface area (Å²) in [7, 11) is -4.12. The van der Waals surface area contributed by atoms with Crippen LogP contribution in [0.2, 0.25) is 0 Å². The largest absolute Gasteiger partial charge is 0.399 e. The third-order valence-electron chi connectivity index (χ3n) is 3.16. The summed E-state index contributed by atoms with van der Waals surface area (Å²) in [5, 5.41) is 0. The summed E-state index contributed by atoms with van der Waals surface area (Å²) in [6.45, 7) is 5.67. The fraction of sp³-hybridized carbons (Fsp3) is 0.571. The fourth-order valence-corrected chi connectivity index (χ4v) is 3.86. The molecule has 21 heavy (non-hydrogen) atoms. The molecule has 1 aromatic carbocycles. The van der Waals surface area contributed by atoms with Gasteiger partial charge in [-0.3, -0.25) is 0 Å². The van der Waals surface area contributed by atoms with Crippen molar-refractivity contribution in [1.82, 2.24) is 4.31 Å². The Morgan fingerprint density at radius 3 is 2.38 bits per heavy atom. The zero-order valence-electron chi connectivity index (χ0n) is 12.6. The van der Waals surface area contributed by atoms with E-state index < -0.39 is 26.6 Å². The zero-order valence-corrected chi connectivity index (χ0v) is 13.4. The molecule has 1 aromatic rings. The number of hydrogen-bond acceptors (Lipinski definition) is 3. The van der Waals surface area contributed by atoms with E-state index in [4.69, 9.17) is 5.73 Å². The number of halogens is 2. The summed E-state index contributed by atoms with van der Waals surface area (Å²) in [6, 6.07) is 1.38. The van der Waals surface area contributed by atoms with Crippen LogP contribution in [0.15, 0.2) is 17.0 Å². The van der Waals surface area contributed by atoms with E-state index in [0.29, 0.717) is 6.42 Å². The van der Waals surface area contributed by atoms with Crippen molar-refractivity contribution in [3.8, 4) is 0 Å². The first-order valence-corrected chi connectivity index (χ1v) is 8.42. The number of nitrogen functional groups attached to an aromatic ring is 1. The van der Waals surface area contributed by atoms with E-state index in [1.54, 1.807) is 13.8 Å². The number of nitrogens with two attached hydrogens (primary N) is 1. The van der Waals surface area contributed by atoms with Crippen LogP contribution in [0, 0.1) is 11.6 Å². The number of unbranched alkanes of at least 4 members (excludes halogenated alkanes) is 2. The van der Waals surface area contributed by atoms with Gasteiger partial charge in [-0.2, -0.15) is 4.31 Å². The Morgan fingerprint density at radius 1 is 1.24 bits per heavy atom. The van der Waals surface area contributed by atoms with E-state index in [9.17, 15) is 17.2 Å². The van der Waals surface area contributed by atoms with Crippen molar-refractivity contribution in [1.29, 1.82) is 0 Å². The van der Waals surface area contributed by atoms with E-state index in [0.717, 1.165) is 25.0 Å². The molecule has 0 heterocycles. The van der Waals surface area contributed by atoms with Crippen LogP contribution in [0.5, 0.6) is 0 Å². The van der Waals surface area contributed by atoms with Crippen molar-refractivity contribution in [2.75, 3.05) is 12.3 Å². The molecule has 0 atom stereocenters. The number of sulfonamides is 1. The minimum Gasteiger partial charge on any atom is -0.399 e. The highest BCUT2D eigenvalue weighted by atomic mass is 32.2. The van der Waals surface area contributed by atoms with Crippen LogP contribution in [0.3, 0.4) is 0 Å². The number of anilines is 1. The van der Waals surface area contributed by atoms with Crippen LogP contribution in [0.4, 0.5) is 14.5 Å². The molecule has 120 valence electrons. The molecule has 0 fully saturated rings. The third kappa shape index (κ3) is 4.14. The van der Waals surface area contributed by atoms with Crippen molar-refractivity contribution in [2.45, 2.75) is 51.0 Å². The molecule has 0 aliphatic rings. The highest BCUT2D eigenvalue weighted by molar-refractivity contribution is 7.89. The smallest absolute Gasteiger partial charge is 0.246 e. The van der Waals surface area contributed by atoms with E-state index in [2.05, 4.69) is 0 Å². The Hall–Kier alpha value is -1.21. The molecule has 1 rings (SSSR count). The second-order valence-electron chi connectivity index (χ2n) is 5.23. The molecule has 0 saturated heterocycles. The van der Waals surface area contributed by atoms with Crippen LogP contribution in [-0.2, 0) is 10.0 Å². The maximum absolute atomic E-state index is 13.9. The van der Waals surface area contributed by atoms with Crippen molar-refractivity contribution < 1.29 is 17.2 Å². The highest BCUT2D eigenvalue weighted by Gasteiger charge is 2.30. The van der Waals surface area contributed by atoms with Crippen molar-refractivity contribution in [2.24, 2.45) is 0 Å². The molecule has 0 saturated carbocycles. The predicted molar refractivity (Wildman–Crippen MR) is 79.3 cm³/mol. The van der Waals surface area contributed by atoms with Crippen LogP contribution in [0.1, 0.15) is 40.0 Å². The molecule has 0 aromatic heterocycles. The second kappa shape index (κ2) is 7.17. The van der Waals surface area contributed by atoms with Crippen LogP contribution < -0.4 is 5.73 Å². The predicted octanol–water partition coefficient (Wildman–Crippen LogP) is 3.14. The Labute approximate surface area is 125 Å². The van der Waals surface area contributed by atoms with Gasteiger partial charge in [-0.25, -0.2) is 17.2 Å². The summed E-state index contributed by atoms with van der Waals surface area (Å²) in [5.41, 5.74) is 5.31. The average molecular weight is 320 g/mol. The Morgan fingerprint density at radius 2 is 1.86 bits per heavy atom. The first kappa shape index (κ1) is 17.8. The van der Waals surface area contributed by atoms with Crippen LogP contribution in [0.25, 0.3) is 0 Å². The van der Waals surface area contributed by atoms with Crippen molar-refractivity contribution in [3.05, 3.63) is 23.8 Å². The Balaban J connectivity index is 3.23. The van der Waals surface area contributed by atoms with Gasteiger partial charge in [-0.15, -0.1) is 0 Å². The normalized spacial score (nSPS) is 12.3. The topological polar surface area (TPSA) is 63.4 Å². The van der Waals surface area contributed by atoms with E-state index in [1.165, 1.54) is 4.31 Å². The summed E-state index contributed by atoms with van der Waals surface area (Å²) in [4.78, 5) is -0.704. The molecule has 7 heteroatoms. The molecule has 0 amide bonds. The third-order valence-corrected chi connectivity index (χ3v) is 5.24. The number of hydrogen-bond donors (Lipinski definition) is 1. The summed E-state index contributed by atoms with van der Waals surface area (Å²) in [6.07, 6.45) is 2.47. The van der Waals surface area contributed by atoms with Gasteiger partial charge in [-0.05, 0) is 32.4 Å². The molecule has 0 aliphatic carbocycles. The van der Waals surface area contributed by atoms with Crippen molar-refractivity contribution in [3.63, 3.8) is 0 Å². The number of nitrogens with zero attached hydrogens (tertiary/aromatic N) is 1. The second-order valence-corrected chi connectivity index (χ2v) is 7.09. The summed E-state index contributed by atoms with van der Waals surface area (Å²) in [5.74, 6) is -2.64. The number of rotatable bonds is 7. The molecule has 0 radical (unpaired) electrons. The summed E-state index contributed by atoms with van der Waals surface area (Å²) < 4.78 is 53.6. The van der Waals surface area contributed by atoms with Crippen LogP contribution in [-0.4, -0.2) is 25.3 Å². The van der Waals surface area contributed by atoms with Gasteiger partial charge in [0, 0.05) is 18.3 Å². The molecular weight excluding hydrogens is 298 g/mol. The lowest BCUT2D eigenvalue weighted by molar-refractivity contribution is 0.342. The van der Waals surface area contributed by atoms with E-state index in [-0.39, 0.29) is 18.3 Å². The first-order chi connectivity index (χ1) is 9.71. The van der Waals surface area contributed by atoms with Gasteiger partial charge < -0.3 is 5.73 Å². The van der Waals surface area contributed by atoms with Gasteiger partial charge in [0.25, 0.3) is 0 Å². The van der Waals surface area contributed by atoms with E-state index >= 15 is 0 Å². The van der Waals surface area contributed by atoms with Gasteiger partial charge in [0.2, 0.25) is 10.0 Å². The fourth-order valence-electron chi connectivity index (χ4n) is 2.07. The average Bonchev–Trinajstić information content (AvgIpc) is 2.38. The van der Waals surface area contributed by atoms with Crippen LogP contribution >= 0.6 is 0 Å². The SMILES string of the molecule is CCCCCN(C(C)C)S(=O)(=O)c1cc(N)cc(F)c1F. The van der Waals surface area contributed by atoms with Gasteiger partial charge in [-0.1, -0.05) is 19.8 Å². The standard InChI is InChI=1S/C14H22F2N2O2S/c1-4-5-6-7-18(10(2)3)21(19,20)13-9-11(17)8-12(15)14(13)16/h8-10H,4-7,17H2,1-3H3. The molecule has 0 unspecified atom stereocenters. The summed E-state index contributed by atoms with van der Waals surface area (Å²) >= 11 is 0. The highest BCUT2D eigenvalue weighted by Crippen LogP contribution is 2.26. The van der Waals surface area contributed by atoms with Gasteiger partial charge in [0.05, 0.1) is 0 Å². The van der Waals surface area contributed by atoms with Gasteiger partial charge >= 0.3 is 0 Å². The van der Waals surface area contributed by atoms with E-state index in [1.807, 2.05) is 6.92 Å². The Kier molecular flexibility index (Phi) is 6.10.